The summed E-state index contributed by atoms with van der Waals surface area (Å²) >= 11 is 1.60. The Labute approximate surface area is 145 Å². The largest absolute Gasteiger partial charge is 0.298 e. The van der Waals surface area contributed by atoms with Crippen molar-refractivity contribution >= 4 is 17.5 Å². The highest BCUT2D eigenvalue weighted by atomic mass is 32.2. The molecule has 3 nitrogen and oxygen atoms in total. The van der Waals surface area contributed by atoms with Crippen molar-refractivity contribution in [2.24, 2.45) is 0 Å². The van der Waals surface area contributed by atoms with E-state index < -0.39 is 0 Å². The predicted molar refractivity (Wildman–Crippen MR) is 97.5 cm³/mol. The fourth-order valence-electron chi connectivity index (χ4n) is 3.09. The van der Waals surface area contributed by atoms with E-state index in [4.69, 9.17) is 0 Å². The molecular formula is C20H18N2OS. The summed E-state index contributed by atoms with van der Waals surface area (Å²) in [6.07, 6.45) is 4.55. The maximum absolute atomic E-state index is 12.0. The molecule has 0 N–H and O–H groups in total. The molecule has 1 aromatic heterocycles. The van der Waals surface area contributed by atoms with E-state index in [1.807, 2.05) is 42.6 Å². The van der Waals surface area contributed by atoms with Crippen molar-refractivity contribution in [3.8, 4) is 16.9 Å². The van der Waals surface area contributed by atoms with Crippen LogP contribution < -0.4 is 0 Å². The van der Waals surface area contributed by atoms with E-state index in [1.54, 1.807) is 11.8 Å². The van der Waals surface area contributed by atoms with Gasteiger partial charge in [-0.1, -0.05) is 60.3 Å². The van der Waals surface area contributed by atoms with Crippen molar-refractivity contribution in [2.75, 3.05) is 0 Å². The predicted octanol–water partition coefficient (Wildman–Crippen LogP) is 4.75. The van der Waals surface area contributed by atoms with Crippen LogP contribution in [0.5, 0.6) is 0 Å². The monoisotopic (exact) mass is 334 g/mol. The highest BCUT2D eigenvalue weighted by Gasteiger charge is 2.27. The fourth-order valence-corrected chi connectivity index (χ4v) is 4.30. The van der Waals surface area contributed by atoms with Crippen LogP contribution in [0.15, 0.2) is 72.0 Å². The van der Waals surface area contributed by atoms with Crippen LogP contribution in [0.1, 0.15) is 19.3 Å². The van der Waals surface area contributed by atoms with Gasteiger partial charge < -0.3 is 0 Å². The summed E-state index contributed by atoms with van der Waals surface area (Å²) in [5, 5.41) is 0.929. The third-order valence-electron chi connectivity index (χ3n) is 4.31. The minimum absolute atomic E-state index is 0.0403. The smallest absolute Gasteiger partial charge is 0.173 e. The molecular weight excluding hydrogens is 316 g/mol. The van der Waals surface area contributed by atoms with Gasteiger partial charge in [-0.15, -0.1) is 0 Å². The minimum atomic E-state index is 0.0403. The Hall–Kier alpha value is -2.33. The summed E-state index contributed by atoms with van der Waals surface area (Å²) in [5.41, 5.74) is 3.25. The zero-order chi connectivity index (χ0) is 16.4. The maximum atomic E-state index is 12.0. The number of Topliss-reactive ketones (excluding diaryl/α,β-unsaturated/α-hetero) is 1. The molecule has 4 rings (SSSR count). The molecule has 24 heavy (non-hydrogen) atoms. The summed E-state index contributed by atoms with van der Waals surface area (Å²) in [7, 11) is 0. The Kier molecular flexibility index (Phi) is 4.22. The SMILES string of the molecule is O=C1CCC[C@H]1Sc1ncc(-c2ccccc2)n1-c1ccccc1. The van der Waals surface area contributed by atoms with Crippen LogP contribution in [0.4, 0.5) is 0 Å². The topological polar surface area (TPSA) is 34.9 Å². The van der Waals surface area contributed by atoms with E-state index in [2.05, 4.69) is 33.8 Å². The molecule has 120 valence electrons. The first-order valence-corrected chi connectivity index (χ1v) is 9.09. The molecule has 2 aromatic carbocycles. The van der Waals surface area contributed by atoms with Gasteiger partial charge in [-0.3, -0.25) is 9.36 Å². The third-order valence-corrected chi connectivity index (χ3v) is 5.59. The van der Waals surface area contributed by atoms with Gasteiger partial charge in [-0.2, -0.15) is 0 Å². The highest BCUT2D eigenvalue weighted by molar-refractivity contribution is 8.00. The lowest BCUT2D eigenvalue weighted by Crippen LogP contribution is -2.10. The number of carbonyl (C=O) groups excluding carboxylic acids is 1. The molecule has 4 heteroatoms. The van der Waals surface area contributed by atoms with Crippen molar-refractivity contribution in [3.63, 3.8) is 0 Å². The number of nitrogens with zero attached hydrogens (tertiary/aromatic N) is 2. The molecule has 1 aliphatic carbocycles. The van der Waals surface area contributed by atoms with E-state index in [1.165, 1.54) is 0 Å². The number of para-hydroxylation sites is 1. The zero-order valence-electron chi connectivity index (χ0n) is 13.3. The summed E-state index contributed by atoms with van der Waals surface area (Å²) in [4.78, 5) is 16.7. The zero-order valence-corrected chi connectivity index (χ0v) is 14.1. The van der Waals surface area contributed by atoms with Crippen molar-refractivity contribution in [2.45, 2.75) is 29.7 Å². The third kappa shape index (κ3) is 2.89. The van der Waals surface area contributed by atoms with Crippen molar-refractivity contribution in [1.82, 2.24) is 9.55 Å². The van der Waals surface area contributed by atoms with E-state index in [0.29, 0.717) is 12.2 Å². The Bertz CT molecular complexity index is 843. The second-order valence-electron chi connectivity index (χ2n) is 5.93. The molecule has 1 atom stereocenters. The van der Waals surface area contributed by atoms with Gasteiger partial charge in [0, 0.05) is 17.7 Å². The minimum Gasteiger partial charge on any atom is -0.298 e. The van der Waals surface area contributed by atoms with Gasteiger partial charge in [0.1, 0.15) is 5.78 Å². The van der Waals surface area contributed by atoms with Crippen LogP contribution in [0.3, 0.4) is 0 Å². The molecule has 0 spiro atoms. The molecule has 0 radical (unpaired) electrons. The normalized spacial score (nSPS) is 17.3. The van der Waals surface area contributed by atoms with E-state index >= 15 is 0 Å². The molecule has 0 bridgehead atoms. The molecule has 1 saturated carbocycles. The lowest BCUT2D eigenvalue weighted by atomic mass is 10.1. The van der Waals surface area contributed by atoms with Gasteiger partial charge in [0.05, 0.1) is 17.1 Å². The summed E-state index contributed by atoms with van der Waals surface area (Å²) < 4.78 is 2.16. The summed E-state index contributed by atoms with van der Waals surface area (Å²) in [5.74, 6) is 0.351. The van der Waals surface area contributed by atoms with Gasteiger partial charge in [0.15, 0.2) is 5.16 Å². The Morgan fingerprint density at radius 1 is 1.00 bits per heavy atom. The lowest BCUT2D eigenvalue weighted by molar-refractivity contribution is -0.116. The number of rotatable bonds is 4. The number of ketones is 1. The van der Waals surface area contributed by atoms with Gasteiger partial charge >= 0.3 is 0 Å². The van der Waals surface area contributed by atoms with Crippen molar-refractivity contribution in [1.29, 1.82) is 0 Å². The molecule has 0 unspecified atom stereocenters. The number of thioether (sulfide) groups is 1. The van der Waals surface area contributed by atoms with Gasteiger partial charge in [0.25, 0.3) is 0 Å². The van der Waals surface area contributed by atoms with Crippen LogP contribution >= 0.6 is 11.8 Å². The molecule has 1 heterocycles. The first-order chi connectivity index (χ1) is 11.8. The lowest BCUT2D eigenvalue weighted by Gasteiger charge is -2.13. The first-order valence-electron chi connectivity index (χ1n) is 8.21. The standard InChI is InChI=1S/C20H18N2OS/c23-18-12-7-13-19(18)24-20-21-14-17(15-8-3-1-4-9-15)22(20)16-10-5-2-6-11-16/h1-6,8-11,14,19H,7,12-13H2/t19-/m1/s1. The number of benzene rings is 2. The van der Waals surface area contributed by atoms with Crippen LogP contribution in [0.25, 0.3) is 16.9 Å². The second kappa shape index (κ2) is 6.65. The van der Waals surface area contributed by atoms with Crippen LogP contribution in [0.2, 0.25) is 0 Å². The molecule has 0 saturated heterocycles. The van der Waals surface area contributed by atoms with E-state index in [0.717, 1.165) is 34.9 Å². The second-order valence-corrected chi connectivity index (χ2v) is 7.10. The first kappa shape index (κ1) is 15.2. The average molecular weight is 334 g/mol. The van der Waals surface area contributed by atoms with Gasteiger partial charge in [0.2, 0.25) is 0 Å². The number of hydrogen-bond acceptors (Lipinski definition) is 3. The molecule has 3 aromatic rings. The van der Waals surface area contributed by atoms with Crippen molar-refractivity contribution < 1.29 is 4.79 Å². The number of carbonyl (C=O) groups is 1. The number of imidazole rings is 1. The fraction of sp³-hybridized carbons (Fsp3) is 0.200. The van der Waals surface area contributed by atoms with Crippen LogP contribution in [-0.4, -0.2) is 20.6 Å². The summed E-state index contributed by atoms with van der Waals surface area (Å²) in [6.45, 7) is 0. The maximum Gasteiger partial charge on any atom is 0.173 e. The highest BCUT2D eigenvalue weighted by Crippen LogP contribution is 2.35. The number of aromatic nitrogens is 2. The van der Waals surface area contributed by atoms with Gasteiger partial charge in [-0.05, 0) is 25.0 Å². The molecule has 1 fully saturated rings. The Morgan fingerprint density at radius 3 is 2.38 bits per heavy atom. The van der Waals surface area contributed by atoms with E-state index in [9.17, 15) is 4.79 Å². The van der Waals surface area contributed by atoms with Crippen LogP contribution in [-0.2, 0) is 4.79 Å². The van der Waals surface area contributed by atoms with Crippen molar-refractivity contribution in [3.05, 3.63) is 66.9 Å². The molecule has 0 amide bonds. The Balaban J connectivity index is 1.79. The average Bonchev–Trinajstić information content (AvgIpc) is 3.23. The Morgan fingerprint density at radius 2 is 1.71 bits per heavy atom. The quantitative estimate of drug-likeness (QED) is 0.690. The summed E-state index contributed by atoms with van der Waals surface area (Å²) in [6, 6.07) is 20.5. The van der Waals surface area contributed by atoms with Crippen LogP contribution in [0, 0.1) is 0 Å². The molecule has 0 aliphatic heterocycles. The molecule has 1 aliphatic rings. The number of hydrogen-bond donors (Lipinski definition) is 0. The van der Waals surface area contributed by atoms with Gasteiger partial charge in [-0.25, -0.2) is 4.98 Å². The van der Waals surface area contributed by atoms with E-state index in [-0.39, 0.29) is 5.25 Å².